The van der Waals surface area contributed by atoms with Gasteiger partial charge in [-0.3, -0.25) is 0 Å². The molecule has 6 heteroatoms. The van der Waals surface area contributed by atoms with Crippen molar-refractivity contribution in [3.05, 3.63) is 47.7 Å². The summed E-state index contributed by atoms with van der Waals surface area (Å²) in [6, 6.07) is 4.08. The number of hydrogen-bond acceptors (Lipinski definition) is 4. The summed E-state index contributed by atoms with van der Waals surface area (Å²) < 4.78 is 18.4. The van der Waals surface area contributed by atoms with Gasteiger partial charge >= 0.3 is 5.97 Å². The molecule has 0 unspecified atom stereocenters. The van der Waals surface area contributed by atoms with Crippen molar-refractivity contribution in [1.82, 2.24) is 9.97 Å². The standard InChI is InChI=1S/C12H9FN2O3/c1-7-6-8(2-3-9(7)13)18-11-10(12(16)17)14-4-5-15-11/h2-6H,1H3,(H,16,17). The molecule has 0 aliphatic rings. The molecule has 0 aliphatic heterocycles. The van der Waals surface area contributed by atoms with Gasteiger partial charge in [-0.2, -0.15) is 0 Å². The van der Waals surface area contributed by atoms with E-state index >= 15 is 0 Å². The minimum atomic E-state index is -1.24. The Hall–Kier alpha value is -2.50. The first-order chi connectivity index (χ1) is 8.58. The first-order valence-electron chi connectivity index (χ1n) is 5.06. The van der Waals surface area contributed by atoms with Gasteiger partial charge in [0.15, 0.2) is 0 Å². The second-order valence-electron chi connectivity index (χ2n) is 3.53. The van der Waals surface area contributed by atoms with E-state index < -0.39 is 5.97 Å². The molecule has 5 nitrogen and oxygen atoms in total. The molecule has 1 heterocycles. The summed E-state index contributed by atoms with van der Waals surface area (Å²) in [5, 5.41) is 8.90. The summed E-state index contributed by atoms with van der Waals surface area (Å²) >= 11 is 0. The smallest absolute Gasteiger partial charge is 0.360 e. The highest BCUT2D eigenvalue weighted by Crippen LogP contribution is 2.23. The van der Waals surface area contributed by atoms with E-state index in [1.807, 2.05) is 0 Å². The number of rotatable bonds is 3. The van der Waals surface area contributed by atoms with Crippen LogP contribution >= 0.6 is 0 Å². The fourth-order valence-corrected chi connectivity index (χ4v) is 1.34. The van der Waals surface area contributed by atoms with Gasteiger partial charge in [-0.05, 0) is 30.7 Å². The number of carboxylic acids is 1. The van der Waals surface area contributed by atoms with Crippen molar-refractivity contribution >= 4 is 5.97 Å². The quantitative estimate of drug-likeness (QED) is 0.902. The van der Waals surface area contributed by atoms with E-state index in [0.29, 0.717) is 11.3 Å². The Bertz CT molecular complexity index is 602. The summed E-state index contributed by atoms with van der Waals surface area (Å²) in [4.78, 5) is 18.3. The molecule has 1 aromatic carbocycles. The van der Waals surface area contributed by atoms with Crippen LogP contribution < -0.4 is 4.74 Å². The van der Waals surface area contributed by atoms with Crippen LogP contribution in [0.5, 0.6) is 11.6 Å². The Kier molecular flexibility index (Phi) is 3.18. The zero-order valence-corrected chi connectivity index (χ0v) is 9.42. The lowest BCUT2D eigenvalue weighted by molar-refractivity contribution is 0.0686. The summed E-state index contributed by atoms with van der Waals surface area (Å²) in [6.45, 7) is 1.58. The van der Waals surface area contributed by atoms with E-state index in [1.165, 1.54) is 30.6 Å². The predicted molar refractivity (Wildman–Crippen MR) is 60.2 cm³/mol. The predicted octanol–water partition coefficient (Wildman–Crippen LogP) is 2.41. The van der Waals surface area contributed by atoms with Gasteiger partial charge in [-0.1, -0.05) is 0 Å². The van der Waals surface area contributed by atoms with Crippen molar-refractivity contribution in [2.45, 2.75) is 6.92 Å². The van der Waals surface area contributed by atoms with Gasteiger partial charge in [0, 0.05) is 12.4 Å². The molecule has 18 heavy (non-hydrogen) atoms. The Morgan fingerprint density at radius 3 is 2.72 bits per heavy atom. The summed E-state index contributed by atoms with van der Waals surface area (Å²) in [6.07, 6.45) is 2.57. The topological polar surface area (TPSA) is 72.3 Å². The Labute approximate surface area is 102 Å². The highest BCUT2D eigenvalue weighted by Gasteiger charge is 2.15. The largest absolute Gasteiger partial charge is 0.476 e. The lowest BCUT2D eigenvalue weighted by atomic mass is 10.2. The average Bonchev–Trinajstić information content (AvgIpc) is 2.34. The third-order valence-corrected chi connectivity index (χ3v) is 2.21. The summed E-state index contributed by atoms with van der Waals surface area (Å²) in [5.74, 6) is -1.43. The molecule has 92 valence electrons. The van der Waals surface area contributed by atoms with Gasteiger partial charge in [0.05, 0.1) is 0 Å². The van der Waals surface area contributed by atoms with Crippen molar-refractivity contribution in [1.29, 1.82) is 0 Å². The van der Waals surface area contributed by atoms with Crippen LogP contribution in [0.4, 0.5) is 4.39 Å². The molecule has 0 saturated carbocycles. The number of aromatic nitrogens is 2. The first-order valence-corrected chi connectivity index (χ1v) is 5.06. The number of hydrogen-bond donors (Lipinski definition) is 1. The molecule has 2 rings (SSSR count). The van der Waals surface area contributed by atoms with Crippen LogP contribution in [0.25, 0.3) is 0 Å². The number of halogens is 1. The molecular weight excluding hydrogens is 239 g/mol. The van der Waals surface area contributed by atoms with Gasteiger partial charge in [-0.25, -0.2) is 19.2 Å². The van der Waals surface area contributed by atoms with Crippen LogP contribution in [0.1, 0.15) is 16.1 Å². The average molecular weight is 248 g/mol. The third-order valence-electron chi connectivity index (χ3n) is 2.21. The van der Waals surface area contributed by atoms with E-state index in [0.717, 1.165) is 0 Å². The molecule has 1 aromatic heterocycles. The zero-order chi connectivity index (χ0) is 13.1. The maximum atomic E-state index is 13.1. The maximum absolute atomic E-state index is 13.1. The van der Waals surface area contributed by atoms with E-state index in [-0.39, 0.29) is 17.4 Å². The third kappa shape index (κ3) is 2.42. The molecule has 0 amide bonds. The maximum Gasteiger partial charge on any atom is 0.360 e. The van der Waals surface area contributed by atoms with Gasteiger partial charge in [0.25, 0.3) is 5.88 Å². The van der Waals surface area contributed by atoms with Crippen LogP contribution in [0.15, 0.2) is 30.6 Å². The Balaban J connectivity index is 2.34. The second kappa shape index (κ2) is 4.79. The highest BCUT2D eigenvalue weighted by atomic mass is 19.1. The number of aryl methyl sites for hydroxylation is 1. The lowest BCUT2D eigenvalue weighted by Crippen LogP contribution is -2.04. The van der Waals surface area contributed by atoms with Crippen molar-refractivity contribution in [2.24, 2.45) is 0 Å². The molecule has 1 N–H and O–H groups in total. The molecule has 0 radical (unpaired) electrons. The zero-order valence-electron chi connectivity index (χ0n) is 9.42. The second-order valence-corrected chi connectivity index (χ2v) is 3.53. The number of ether oxygens (including phenoxy) is 1. The van der Waals surface area contributed by atoms with Crippen molar-refractivity contribution < 1.29 is 19.0 Å². The van der Waals surface area contributed by atoms with E-state index in [9.17, 15) is 9.18 Å². The van der Waals surface area contributed by atoms with Gasteiger partial charge in [-0.15, -0.1) is 0 Å². The molecule has 0 atom stereocenters. The van der Waals surface area contributed by atoms with Crippen molar-refractivity contribution in [3.63, 3.8) is 0 Å². The first kappa shape index (κ1) is 12.0. The van der Waals surface area contributed by atoms with Crippen LogP contribution in [-0.2, 0) is 0 Å². The number of aromatic carboxylic acids is 1. The summed E-state index contributed by atoms with van der Waals surface area (Å²) in [7, 11) is 0. The molecule has 0 saturated heterocycles. The normalized spacial score (nSPS) is 10.1. The Morgan fingerprint density at radius 1 is 1.33 bits per heavy atom. The monoisotopic (exact) mass is 248 g/mol. The van der Waals surface area contributed by atoms with Crippen LogP contribution in [0.3, 0.4) is 0 Å². The number of benzene rings is 1. The van der Waals surface area contributed by atoms with E-state index in [4.69, 9.17) is 9.84 Å². The number of nitrogens with zero attached hydrogens (tertiary/aromatic N) is 2. The minimum Gasteiger partial charge on any atom is -0.476 e. The fraction of sp³-hybridized carbons (Fsp3) is 0.0833. The number of carbonyl (C=O) groups is 1. The van der Waals surface area contributed by atoms with Gasteiger partial charge in [0.2, 0.25) is 5.69 Å². The lowest BCUT2D eigenvalue weighted by Gasteiger charge is -2.07. The Morgan fingerprint density at radius 2 is 2.06 bits per heavy atom. The molecule has 2 aromatic rings. The molecule has 0 fully saturated rings. The molecule has 0 spiro atoms. The molecule has 0 aliphatic carbocycles. The molecule has 0 bridgehead atoms. The fourth-order valence-electron chi connectivity index (χ4n) is 1.34. The highest BCUT2D eigenvalue weighted by molar-refractivity contribution is 5.87. The van der Waals surface area contributed by atoms with Gasteiger partial charge in [0.1, 0.15) is 11.6 Å². The van der Waals surface area contributed by atoms with Gasteiger partial charge < -0.3 is 9.84 Å². The number of carboxylic acid groups (broad SMARTS) is 1. The van der Waals surface area contributed by atoms with E-state index in [2.05, 4.69) is 9.97 Å². The summed E-state index contributed by atoms with van der Waals surface area (Å²) in [5.41, 5.74) is 0.104. The van der Waals surface area contributed by atoms with E-state index in [1.54, 1.807) is 6.92 Å². The van der Waals surface area contributed by atoms with Crippen LogP contribution in [0.2, 0.25) is 0 Å². The minimum absolute atomic E-state index is 0.129. The van der Waals surface area contributed by atoms with Crippen molar-refractivity contribution in [3.8, 4) is 11.6 Å². The van der Waals surface area contributed by atoms with Crippen LogP contribution in [0, 0.1) is 12.7 Å². The van der Waals surface area contributed by atoms with Crippen molar-refractivity contribution in [2.75, 3.05) is 0 Å². The van der Waals surface area contributed by atoms with Crippen LogP contribution in [-0.4, -0.2) is 21.0 Å². The SMILES string of the molecule is Cc1cc(Oc2nccnc2C(=O)O)ccc1F. The molecular formula is C12H9FN2O3.